The van der Waals surface area contributed by atoms with Crippen LogP contribution in [0.5, 0.6) is 0 Å². The lowest BCUT2D eigenvalue weighted by Gasteiger charge is -2.27. The van der Waals surface area contributed by atoms with Crippen LogP contribution in [0.3, 0.4) is 0 Å². The monoisotopic (exact) mass is 211 g/mol. The minimum atomic E-state index is -4.54. The van der Waals surface area contributed by atoms with Crippen molar-refractivity contribution in [2.45, 2.75) is 19.5 Å². The molecule has 3 nitrogen and oxygen atoms in total. The highest BCUT2D eigenvalue weighted by molar-refractivity contribution is 5.78. The third-order valence-corrected chi connectivity index (χ3v) is 2.36. The van der Waals surface area contributed by atoms with Gasteiger partial charge < -0.3 is 10.1 Å². The van der Waals surface area contributed by atoms with Crippen molar-refractivity contribution in [3.63, 3.8) is 0 Å². The highest BCUT2D eigenvalue weighted by atomic mass is 19.4. The zero-order chi connectivity index (χ0) is 10.8. The second-order valence-corrected chi connectivity index (χ2v) is 3.23. The highest BCUT2D eigenvalue weighted by Crippen LogP contribution is 2.43. The molecule has 1 atom stereocenters. The molecule has 0 bridgehead atoms. The number of ether oxygens (including phenoxy) is 1. The van der Waals surface area contributed by atoms with E-state index in [0.29, 0.717) is 0 Å². The summed E-state index contributed by atoms with van der Waals surface area (Å²) in [6, 6.07) is 0. The van der Waals surface area contributed by atoms with Gasteiger partial charge in [-0.05, 0) is 19.9 Å². The standard InChI is InChI=1S/C8H12F3NO2/c1-2-14-6(13)7(8(9,10)11)3-4-12-5-7/h12H,2-5H2,1H3. The van der Waals surface area contributed by atoms with Gasteiger partial charge in [-0.15, -0.1) is 0 Å². The van der Waals surface area contributed by atoms with E-state index in [1.54, 1.807) is 0 Å². The molecule has 82 valence electrons. The quantitative estimate of drug-likeness (QED) is 0.695. The zero-order valence-electron chi connectivity index (χ0n) is 7.78. The fraction of sp³-hybridized carbons (Fsp3) is 0.875. The Balaban J connectivity index is 2.87. The van der Waals surface area contributed by atoms with E-state index in [9.17, 15) is 18.0 Å². The Kier molecular flexibility index (Phi) is 3.04. The molecule has 0 amide bonds. The van der Waals surface area contributed by atoms with Gasteiger partial charge in [0.2, 0.25) is 0 Å². The Hall–Kier alpha value is -0.780. The van der Waals surface area contributed by atoms with Crippen LogP contribution in [-0.2, 0) is 9.53 Å². The third kappa shape index (κ3) is 1.70. The molecular weight excluding hydrogens is 199 g/mol. The van der Waals surface area contributed by atoms with Crippen LogP contribution in [0.2, 0.25) is 0 Å². The van der Waals surface area contributed by atoms with E-state index in [-0.39, 0.29) is 26.1 Å². The molecule has 0 aliphatic carbocycles. The first-order valence-corrected chi connectivity index (χ1v) is 4.39. The van der Waals surface area contributed by atoms with E-state index in [0.717, 1.165) is 0 Å². The number of hydrogen-bond donors (Lipinski definition) is 1. The largest absolute Gasteiger partial charge is 0.465 e. The van der Waals surface area contributed by atoms with Crippen LogP contribution >= 0.6 is 0 Å². The lowest BCUT2D eigenvalue weighted by atomic mass is 9.86. The van der Waals surface area contributed by atoms with E-state index in [4.69, 9.17) is 0 Å². The summed E-state index contributed by atoms with van der Waals surface area (Å²) in [5.41, 5.74) is -2.33. The number of carbonyl (C=O) groups excluding carboxylic acids is 1. The molecule has 1 aliphatic rings. The maximum atomic E-state index is 12.6. The summed E-state index contributed by atoms with van der Waals surface area (Å²) in [7, 11) is 0. The van der Waals surface area contributed by atoms with Crippen molar-refractivity contribution in [3.8, 4) is 0 Å². The number of esters is 1. The van der Waals surface area contributed by atoms with Crippen molar-refractivity contribution < 1.29 is 22.7 Å². The van der Waals surface area contributed by atoms with Gasteiger partial charge in [-0.1, -0.05) is 0 Å². The molecule has 0 aromatic carbocycles. The zero-order valence-corrected chi connectivity index (χ0v) is 7.78. The van der Waals surface area contributed by atoms with Crippen LogP contribution in [-0.4, -0.2) is 31.8 Å². The second-order valence-electron chi connectivity index (χ2n) is 3.23. The first kappa shape index (κ1) is 11.3. The third-order valence-electron chi connectivity index (χ3n) is 2.36. The fourth-order valence-electron chi connectivity index (χ4n) is 1.49. The molecule has 1 aliphatic heterocycles. The van der Waals surface area contributed by atoms with Crippen LogP contribution in [0.1, 0.15) is 13.3 Å². The average molecular weight is 211 g/mol. The van der Waals surface area contributed by atoms with Crippen LogP contribution in [0.15, 0.2) is 0 Å². The first-order chi connectivity index (χ1) is 6.44. The van der Waals surface area contributed by atoms with E-state index in [2.05, 4.69) is 10.1 Å². The van der Waals surface area contributed by atoms with Gasteiger partial charge in [0.15, 0.2) is 5.41 Å². The van der Waals surface area contributed by atoms with E-state index in [1.807, 2.05) is 0 Å². The van der Waals surface area contributed by atoms with Crippen LogP contribution < -0.4 is 5.32 Å². The smallest absolute Gasteiger partial charge is 0.406 e. The van der Waals surface area contributed by atoms with Gasteiger partial charge in [0, 0.05) is 6.54 Å². The molecule has 0 spiro atoms. The topological polar surface area (TPSA) is 38.3 Å². The Morgan fingerprint density at radius 3 is 2.57 bits per heavy atom. The minimum Gasteiger partial charge on any atom is -0.465 e. The summed E-state index contributed by atoms with van der Waals surface area (Å²) in [5.74, 6) is -1.17. The van der Waals surface area contributed by atoms with Gasteiger partial charge in [0.1, 0.15) is 0 Å². The summed E-state index contributed by atoms with van der Waals surface area (Å²) in [6.07, 6.45) is -4.78. The Morgan fingerprint density at radius 2 is 2.21 bits per heavy atom. The van der Waals surface area contributed by atoms with E-state index in [1.165, 1.54) is 6.92 Å². The molecule has 0 aromatic rings. The van der Waals surface area contributed by atoms with Crippen molar-refractivity contribution in [2.24, 2.45) is 5.41 Å². The number of carbonyl (C=O) groups is 1. The maximum absolute atomic E-state index is 12.6. The number of alkyl halides is 3. The summed E-state index contributed by atoms with van der Waals surface area (Å²) in [6.45, 7) is 1.27. The van der Waals surface area contributed by atoms with Crippen molar-refractivity contribution in [1.82, 2.24) is 5.32 Å². The van der Waals surface area contributed by atoms with Crippen molar-refractivity contribution >= 4 is 5.97 Å². The fourth-order valence-corrected chi connectivity index (χ4v) is 1.49. The molecule has 14 heavy (non-hydrogen) atoms. The molecular formula is C8H12F3NO2. The maximum Gasteiger partial charge on any atom is 0.406 e. The van der Waals surface area contributed by atoms with E-state index < -0.39 is 17.6 Å². The highest BCUT2D eigenvalue weighted by Gasteiger charge is 2.62. The minimum absolute atomic E-state index is 0.0311. The first-order valence-electron chi connectivity index (χ1n) is 4.39. The summed E-state index contributed by atoms with van der Waals surface area (Å²) < 4.78 is 42.4. The molecule has 1 heterocycles. The Bertz CT molecular complexity index is 221. The molecule has 1 rings (SSSR count). The van der Waals surface area contributed by atoms with Crippen LogP contribution in [0.4, 0.5) is 13.2 Å². The Morgan fingerprint density at radius 1 is 1.57 bits per heavy atom. The molecule has 1 unspecified atom stereocenters. The molecule has 0 aromatic heterocycles. The van der Waals surface area contributed by atoms with Gasteiger partial charge in [0.25, 0.3) is 0 Å². The van der Waals surface area contributed by atoms with Crippen molar-refractivity contribution in [1.29, 1.82) is 0 Å². The van der Waals surface area contributed by atoms with Gasteiger partial charge in [0.05, 0.1) is 6.61 Å². The molecule has 1 fully saturated rings. The molecule has 1 saturated heterocycles. The average Bonchev–Trinajstić information content (AvgIpc) is 2.51. The lowest BCUT2D eigenvalue weighted by Crippen LogP contribution is -2.47. The SMILES string of the molecule is CCOC(=O)C1(C(F)(F)F)CCNC1. The van der Waals surface area contributed by atoms with Crippen molar-refractivity contribution in [3.05, 3.63) is 0 Å². The van der Waals surface area contributed by atoms with Crippen LogP contribution in [0.25, 0.3) is 0 Å². The van der Waals surface area contributed by atoms with E-state index >= 15 is 0 Å². The van der Waals surface area contributed by atoms with Crippen LogP contribution in [0, 0.1) is 5.41 Å². The molecule has 1 N–H and O–H groups in total. The Labute approximate surface area is 79.6 Å². The van der Waals surface area contributed by atoms with Gasteiger partial charge in [-0.25, -0.2) is 0 Å². The van der Waals surface area contributed by atoms with Crippen molar-refractivity contribution in [2.75, 3.05) is 19.7 Å². The molecule has 6 heteroatoms. The number of rotatable bonds is 2. The summed E-state index contributed by atoms with van der Waals surface area (Å²) >= 11 is 0. The predicted molar refractivity (Wildman–Crippen MR) is 42.6 cm³/mol. The van der Waals surface area contributed by atoms with Gasteiger partial charge in [-0.2, -0.15) is 13.2 Å². The number of nitrogens with one attached hydrogen (secondary N) is 1. The van der Waals surface area contributed by atoms with Gasteiger partial charge in [-0.3, -0.25) is 4.79 Å². The lowest BCUT2D eigenvalue weighted by molar-refractivity contribution is -0.228. The summed E-state index contributed by atoms with van der Waals surface area (Å²) in [5, 5.41) is 2.54. The number of halogens is 3. The number of hydrogen-bond acceptors (Lipinski definition) is 3. The normalized spacial score (nSPS) is 27.7. The molecule has 0 saturated carbocycles. The predicted octanol–water partition coefficient (Wildman–Crippen LogP) is 1.09. The molecule has 0 radical (unpaired) electrons. The van der Waals surface area contributed by atoms with Gasteiger partial charge >= 0.3 is 12.1 Å². The second kappa shape index (κ2) is 3.76. The summed E-state index contributed by atoms with van der Waals surface area (Å²) in [4.78, 5) is 11.2.